The Morgan fingerprint density at radius 1 is 1.00 bits per heavy atom. The van der Waals surface area contributed by atoms with Crippen LogP contribution < -0.4 is 0 Å². The Kier molecular flexibility index (Phi) is 11.8. The van der Waals surface area contributed by atoms with Crippen molar-refractivity contribution in [1.82, 2.24) is 4.98 Å². The number of pyridine rings is 1. The van der Waals surface area contributed by atoms with Crippen LogP contribution >= 0.6 is 0 Å². The molecule has 3 rings (SSSR count). The summed E-state index contributed by atoms with van der Waals surface area (Å²) in [5, 5.41) is 1.18. The van der Waals surface area contributed by atoms with Crippen molar-refractivity contribution in [2.45, 2.75) is 108 Å². The van der Waals surface area contributed by atoms with Crippen LogP contribution in [0.3, 0.4) is 0 Å². The van der Waals surface area contributed by atoms with Crippen molar-refractivity contribution in [3.63, 3.8) is 0 Å². The molecule has 0 bridgehead atoms. The smallest absolute Gasteiger partial charge is 0.338 e. The van der Waals surface area contributed by atoms with Gasteiger partial charge in [-0.25, -0.2) is 9.78 Å². The number of aromatic nitrogens is 1. The molecule has 40 heavy (non-hydrogen) atoms. The molecule has 0 aliphatic heterocycles. The van der Waals surface area contributed by atoms with Gasteiger partial charge in [-0.15, -0.1) is 0 Å². The fourth-order valence-electron chi connectivity index (χ4n) is 4.49. The minimum absolute atomic E-state index is 0.0390. The van der Waals surface area contributed by atoms with E-state index in [1.165, 1.54) is 44.8 Å². The molecule has 7 heteroatoms. The number of carbonyl (C=O) groups is 1. The van der Waals surface area contributed by atoms with E-state index in [4.69, 9.17) is 14.1 Å². The highest BCUT2D eigenvalue weighted by Crippen LogP contribution is 2.41. The highest BCUT2D eigenvalue weighted by atomic mass is 32.2. The molecule has 2 unspecified atom stereocenters. The lowest BCUT2D eigenvalue weighted by atomic mass is 10.0. The Morgan fingerprint density at radius 2 is 1.70 bits per heavy atom. The lowest BCUT2D eigenvalue weighted by Gasteiger charge is -2.39. The molecule has 218 valence electrons. The molecule has 1 heterocycles. The van der Waals surface area contributed by atoms with Gasteiger partial charge >= 0.3 is 5.97 Å². The van der Waals surface area contributed by atoms with Crippen molar-refractivity contribution in [2.75, 3.05) is 7.11 Å². The highest BCUT2D eigenvalue weighted by molar-refractivity contribution is 7.90. The van der Waals surface area contributed by atoms with Crippen LogP contribution in [0, 0.1) is 0 Å². The largest absolute Gasteiger partial charge is 0.611 e. The van der Waals surface area contributed by atoms with Crippen molar-refractivity contribution in [3.05, 3.63) is 71.4 Å². The molecule has 0 fully saturated rings. The molecule has 0 saturated carbocycles. The number of hydrogen-bond donors (Lipinski definition) is 0. The Bertz CT molecular complexity index is 1260. The van der Waals surface area contributed by atoms with E-state index in [0.717, 1.165) is 29.4 Å². The second-order valence-electron chi connectivity index (χ2n) is 12.2. The Labute approximate surface area is 245 Å². The molecule has 5 nitrogen and oxygen atoms in total. The van der Waals surface area contributed by atoms with Crippen LogP contribution in [0.1, 0.15) is 100 Å². The normalized spacial score (nSPS) is 13.8. The first kappa shape index (κ1) is 32.3. The van der Waals surface area contributed by atoms with Gasteiger partial charge in [-0.2, -0.15) is 0 Å². The third kappa shape index (κ3) is 8.90. The fraction of sp³-hybridized carbons (Fsp3) is 0.515. The summed E-state index contributed by atoms with van der Waals surface area (Å²) in [4.78, 5) is 17.4. The third-order valence-corrected chi connectivity index (χ3v) is 13.8. The summed E-state index contributed by atoms with van der Waals surface area (Å²) in [5.74, 6) is -0.169. The van der Waals surface area contributed by atoms with Crippen molar-refractivity contribution < 1.29 is 18.5 Å². The maximum absolute atomic E-state index is 13.2. The number of methoxy groups -OCH3 is 1. The first-order valence-electron chi connectivity index (χ1n) is 14.6. The van der Waals surface area contributed by atoms with Gasteiger partial charge in [0.2, 0.25) is 0 Å². The SMILES string of the molecule is CCCCCCCCC(O[Si](C)(C)C(C)(C)C)c1ccc2ccc(C[S+]([O-])c3cccc(C(=O)OC)c3)nc2c1. The summed E-state index contributed by atoms with van der Waals surface area (Å²) in [7, 11) is -0.637. The monoisotopic (exact) mass is 581 g/mol. The molecule has 0 saturated heterocycles. The van der Waals surface area contributed by atoms with E-state index in [2.05, 4.69) is 59.0 Å². The Balaban J connectivity index is 1.82. The van der Waals surface area contributed by atoms with Crippen molar-refractivity contribution in [2.24, 2.45) is 0 Å². The molecule has 3 aromatic rings. The second kappa shape index (κ2) is 14.6. The van der Waals surface area contributed by atoms with E-state index in [9.17, 15) is 9.35 Å². The summed E-state index contributed by atoms with van der Waals surface area (Å²) in [6, 6.07) is 17.2. The van der Waals surface area contributed by atoms with Crippen molar-refractivity contribution in [3.8, 4) is 0 Å². The summed E-state index contributed by atoms with van der Waals surface area (Å²) in [5.41, 5.74) is 3.20. The first-order valence-corrected chi connectivity index (χ1v) is 18.8. The molecule has 0 radical (unpaired) electrons. The lowest BCUT2D eigenvalue weighted by Crippen LogP contribution is -2.41. The van der Waals surface area contributed by atoms with Crippen LogP contribution in [0.5, 0.6) is 0 Å². The zero-order chi connectivity index (χ0) is 29.3. The van der Waals surface area contributed by atoms with E-state index >= 15 is 0 Å². The third-order valence-electron chi connectivity index (χ3n) is 8.01. The van der Waals surface area contributed by atoms with Crippen LogP contribution in [-0.2, 0) is 26.1 Å². The predicted molar refractivity (Wildman–Crippen MR) is 169 cm³/mol. The average Bonchev–Trinajstić information content (AvgIpc) is 2.92. The van der Waals surface area contributed by atoms with Crippen molar-refractivity contribution >= 4 is 36.4 Å². The molecular weight excluding hydrogens is 535 g/mol. The quantitative estimate of drug-likeness (QED) is 0.0821. The topological polar surface area (TPSA) is 71.5 Å². The van der Waals surface area contributed by atoms with E-state index in [1.807, 2.05) is 12.1 Å². The molecule has 0 aliphatic rings. The molecule has 2 aromatic carbocycles. The lowest BCUT2D eigenvalue weighted by molar-refractivity contribution is 0.0600. The average molecular weight is 582 g/mol. The molecule has 0 N–H and O–H groups in total. The van der Waals surface area contributed by atoms with Gasteiger partial charge in [0.1, 0.15) is 0 Å². The number of unbranched alkanes of at least 4 members (excludes halogenated alkanes) is 5. The second-order valence-corrected chi connectivity index (χ2v) is 18.4. The minimum Gasteiger partial charge on any atom is -0.611 e. The Morgan fingerprint density at radius 3 is 2.40 bits per heavy atom. The van der Waals surface area contributed by atoms with E-state index in [1.54, 1.807) is 24.3 Å². The number of ether oxygens (including phenoxy) is 1. The van der Waals surface area contributed by atoms with Gasteiger partial charge in [0.05, 0.1) is 30.0 Å². The summed E-state index contributed by atoms with van der Waals surface area (Å²) in [6.07, 6.45) is 8.58. The van der Waals surface area contributed by atoms with E-state index < -0.39 is 25.5 Å². The summed E-state index contributed by atoms with van der Waals surface area (Å²) >= 11 is -1.34. The van der Waals surface area contributed by atoms with Gasteiger partial charge in [-0.3, -0.25) is 0 Å². The van der Waals surface area contributed by atoms with Crippen LogP contribution in [0.15, 0.2) is 59.5 Å². The fourth-order valence-corrected chi connectivity index (χ4v) is 6.90. The molecule has 0 amide bonds. The molecule has 0 aliphatic carbocycles. The molecular formula is C33H47NO4SSi. The maximum atomic E-state index is 13.2. The molecule has 2 atom stereocenters. The molecule has 1 aromatic heterocycles. The van der Waals surface area contributed by atoms with Crippen LogP contribution in [0.4, 0.5) is 0 Å². The van der Waals surface area contributed by atoms with Gasteiger partial charge in [-0.05, 0) is 65.6 Å². The zero-order valence-corrected chi connectivity index (χ0v) is 27.2. The Hall–Kier alpha value is -2.19. The predicted octanol–water partition coefficient (Wildman–Crippen LogP) is 9.14. The first-order chi connectivity index (χ1) is 18.9. The minimum atomic E-state index is -1.98. The zero-order valence-electron chi connectivity index (χ0n) is 25.4. The van der Waals surface area contributed by atoms with Gasteiger partial charge in [0.25, 0.3) is 0 Å². The van der Waals surface area contributed by atoms with Gasteiger partial charge in [-0.1, -0.05) is 90.5 Å². The number of benzene rings is 2. The number of esters is 1. The van der Waals surface area contributed by atoms with Gasteiger partial charge in [0, 0.05) is 11.5 Å². The number of rotatable bonds is 14. The standard InChI is InChI=1S/C33H47NO4SSi/c1-8-9-10-11-12-13-17-31(38-40(6,7)33(2,3)4)26-19-18-25-20-21-28(34-30(25)23-26)24-39(36)29-16-14-15-27(22-29)32(35)37-5/h14-16,18-23,31H,8-13,17,24H2,1-7H3. The van der Waals surface area contributed by atoms with E-state index in [-0.39, 0.29) is 16.9 Å². The number of carbonyl (C=O) groups excluding carboxylic acids is 1. The summed E-state index contributed by atoms with van der Waals surface area (Å²) in [6.45, 7) is 13.8. The number of fused-ring (bicyclic) bond motifs is 1. The van der Waals surface area contributed by atoms with Crippen LogP contribution in [-0.4, -0.2) is 30.9 Å². The van der Waals surface area contributed by atoms with Crippen LogP contribution in [0.2, 0.25) is 18.1 Å². The molecule has 0 spiro atoms. The van der Waals surface area contributed by atoms with Gasteiger partial charge < -0.3 is 13.7 Å². The van der Waals surface area contributed by atoms with Gasteiger partial charge in [0.15, 0.2) is 19.0 Å². The summed E-state index contributed by atoms with van der Waals surface area (Å²) < 4.78 is 24.9. The van der Waals surface area contributed by atoms with E-state index in [0.29, 0.717) is 10.5 Å². The van der Waals surface area contributed by atoms with Crippen molar-refractivity contribution in [1.29, 1.82) is 0 Å². The van der Waals surface area contributed by atoms with Crippen LogP contribution in [0.25, 0.3) is 10.9 Å². The number of hydrogen-bond acceptors (Lipinski definition) is 5. The maximum Gasteiger partial charge on any atom is 0.338 e. The highest BCUT2D eigenvalue weighted by Gasteiger charge is 2.39. The number of nitrogens with zero attached hydrogens (tertiary/aromatic N) is 1.